The molecular formula is C42H44Cl2N2O10S2. The van der Waals surface area contributed by atoms with Crippen molar-refractivity contribution in [3.63, 3.8) is 0 Å². The Bertz CT molecular complexity index is 1990. The summed E-state index contributed by atoms with van der Waals surface area (Å²) in [6.45, 7) is 4.08. The van der Waals surface area contributed by atoms with Crippen molar-refractivity contribution in [3.8, 4) is 23.0 Å². The van der Waals surface area contributed by atoms with Crippen molar-refractivity contribution in [2.24, 2.45) is 0 Å². The molecule has 0 amide bonds. The molecule has 0 spiro atoms. The first-order chi connectivity index (χ1) is 28.0. The highest BCUT2D eigenvalue weighted by molar-refractivity contribution is 7.81. The Morgan fingerprint density at radius 1 is 0.603 bits per heavy atom. The lowest BCUT2D eigenvalue weighted by molar-refractivity contribution is -0.146. The fourth-order valence-electron chi connectivity index (χ4n) is 6.50. The molecule has 4 aromatic carbocycles. The van der Waals surface area contributed by atoms with Gasteiger partial charge in [-0.15, -0.1) is 0 Å². The molecule has 0 saturated carbocycles. The summed E-state index contributed by atoms with van der Waals surface area (Å²) in [5.74, 6) is 1.43. The SMILES string of the molecule is CCOC(=O)C[C@@H]1O[C@H](c2cccc(OC)c2OC)c2cc(Cl)ccc2NC1=S.CCOC(=O)C[C@H]1O[C@H](c2cccc(OC)c2OC)c2cc(Cl)ccc2NC1=S. The molecule has 2 aliphatic heterocycles. The summed E-state index contributed by atoms with van der Waals surface area (Å²) < 4.78 is 44.9. The lowest BCUT2D eigenvalue weighted by Gasteiger charge is -2.24. The number of anilines is 2. The molecule has 58 heavy (non-hydrogen) atoms. The second-order valence-corrected chi connectivity index (χ2v) is 14.4. The van der Waals surface area contributed by atoms with Crippen molar-refractivity contribution in [1.82, 2.24) is 0 Å². The van der Waals surface area contributed by atoms with Gasteiger partial charge in [0.1, 0.15) is 34.4 Å². The van der Waals surface area contributed by atoms with Crippen molar-refractivity contribution >= 4 is 80.9 Å². The second-order valence-electron chi connectivity index (χ2n) is 12.6. The summed E-state index contributed by atoms with van der Waals surface area (Å²) in [6.07, 6.45) is -2.58. The van der Waals surface area contributed by atoms with E-state index in [9.17, 15) is 9.59 Å². The predicted molar refractivity (Wildman–Crippen MR) is 230 cm³/mol. The third kappa shape index (κ3) is 10.5. The number of halogens is 2. The van der Waals surface area contributed by atoms with E-state index in [2.05, 4.69) is 10.6 Å². The van der Waals surface area contributed by atoms with Crippen molar-refractivity contribution in [1.29, 1.82) is 0 Å². The maximum Gasteiger partial charge on any atom is 0.308 e. The first-order valence-electron chi connectivity index (χ1n) is 18.2. The van der Waals surface area contributed by atoms with Gasteiger partial charge in [0.25, 0.3) is 0 Å². The van der Waals surface area contributed by atoms with Crippen molar-refractivity contribution in [2.45, 2.75) is 51.1 Å². The highest BCUT2D eigenvalue weighted by Crippen LogP contribution is 2.45. The van der Waals surface area contributed by atoms with Crippen LogP contribution in [-0.4, -0.2) is 75.8 Å². The highest BCUT2D eigenvalue weighted by Gasteiger charge is 2.35. The molecule has 4 aromatic rings. The fourth-order valence-corrected chi connectivity index (χ4v) is 7.36. The average molecular weight is 872 g/mol. The molecule has 0 aliphatic carbocycles. The summed E-state index contributed by atoms with van der Waals surface area (Å²) in [7, 11) is 6.27. The topological polar surface area (TPSA) is 132 Å². The Hall–Kier alpha value is -4.70. The van der Waals surface area contributed by atoms with Crippen molar-refractivity contribution < 1.29 is 47.5 Å². The number of carbonyl (C=O) groups is 2. The number of fused-ring (bicyclic) bond motifs is 2. The Balaban J connectivity index is 0.000000221. The van der Waals surface area contributed by atoms with E-state index >= 15 is 0 Å². The lowest BCUT2D eigenvalue weighted by atomic mass is 9.98. The molecule has 0 unspecified atom stereocenters. The van der Waals surface area contributed by atoms with Gasteiger partial charge in [0.2, 0.25) is 0 Å². The van der Waals surface area contributed by atoms with Gasteiger partial charge in [0.15, 0.2) is 23.0 Å². The van der Waals surface area contributed by atoms with E-state index in [4.69, 9.17) is 85.5 Å². The molecule has 0 radical (unpaired) electrons. The van der Waals surface area contributed by atoms with Crippen LogP contribution in [0.5, 0.6) is 23.0 Å². The van der Waals surface area contributed by atoms with E-state index in [1.54, 1.807) is 66.6 Å². The van der Waals surface area contributed by atoms with Gasteiger partial charge in [-0.05, 0) is 62.4 Å². The molecule has 0 aromatic heterocycles. The van der Waals surface area contributed by atoms with Gasteiger partial charge in [-0.1, -0.05) is 71.9 Å². The van der Waals surface area contributed by atoms with Crippen molar-refractivity contribution in [2.75, 3.05) is 52.3 Å². The Kier molecular flexibility index (Phi) is 15.9. The zero-order chi connectivity index (χ0) is 41.9. The van der Waals surface area contributed by atoms with Crippen LogP contribution in [0.25, 0.3) is 0 Å². The minimum atomic E-state index is -0.684. The molecule has 0 saturated heterocycles. The number of rotatable bonds is 12. The number of nitrogens with one attached hydrogen (secondary N) is 2. The maximum atomic E-state index is 12.1. The van der Waals surface area contributed by atoms with Gasteiger partial charge in [-0.2, -0.15) is 0 Å². The average Bonchev–Trinajstić information content (AvgIpc) is 3.43. The Morgan fingerprint density at radius 3 is 1.34 bits per heavy atom. The molecule has 16 heteroatoms. The molecule has 12 nitrogen and oxygen atoms in total. The molecule has 2 aliphatic rings. The van der Waals surface area contributed by atoms with Gasteiger partial charge in [-0.25, -0.2) is 0 Å². The smallest absolute Gasteiger partial charge is 0.308 e. The van der Waals surface area contributed by atoms with E-state index in [1.165, 1.54) is 0 Å². The van der Waals surface area contributed by atoms with Crippen LogP contribution < -0.4 is 29.6 Å². The number of hydrogen-bond acceptors (Lipinski definition) is 12. The van der Waals surface area contributed by atoms with Gasteiger partial charge < -0.3 is 48.5 Å². The minimum Gasteiger partial charge on any atom is -0.493 e. The number of carbonyl (C=O) groups excluding carboxylic acids is 2. The van der Waals surface area contributed by atoms with Crippen LogP contribution >= 0.6 is 47.6 Å². The van der Waals surface area contributed by atoms with Crippen LogP contribution in [0.2, 0.25) is 10.0 Å². The van der Waals surface area contributed by atoms with Crippen LogP contribution in [0, 0.1) is 0 Å². The molecular weight excluding hydrogens is 828 g/mol. The van der Waals surface area contributed by atoms with Gasteiger partial charge in [-0.3, -0.25) is 9.59 Å². The van der Waals surface area contributed by atoms with Crippen LogP contribution in [0.3, 0.4) is 0 Å². The number of thiocarbonyl (C=S) groups is 2. The normalized spacial score (nSPS) is 18.3. The largest absolute Gasteiger partial charge is 0.493 e. The molecule has 0 fully saturated rings. The first kappa shape index (κ1) is 44.4. The number of ether oxygens (including phenoxy) is 8. The Morgan fingerprint density at radius 2 is 1.00 bits per heavy atom. The molecule has 308 valence electrons. The van der Waals surface area contributed by atoms with Crippen molar-refractivity contribution in [3.05, 3.63) is 105 Å². The van der Waals surface area contributed by atoms with Gasteiger partial charge in [0, 0.05) is 43.7 Å². The molecule has 2 heterocycles. The molecule has 6 rings (SSSR count). The van der Waals surface area contributed by atoms with Crippen LogP contribution in [0.1, 0.15) is 61.2 Å². The van der Waals surface area contributed by atoms with E-state index in [-0.39, 0.29) is 38.0 Å². The van der Waals surface area contributed by atoms with Gasteiger partial charge >= 0.3 is 11.9 Å². The predicted octanol–water partition coefficient (Wildman–Crippen LogP) is 9.08. The third-order valence-electron chi connectivity index (χ3n) is 9.04. The molecule has 2 N–H and O–H groups in total. The quantitative estimate of drug-likeness (QED) is 0.104. The summed E-state index contributed by atoms with van der Waals surface area (Å²) in [5.41, 5.74) is 4.52. The highest BCUT2D eigenvalue weighted by atomic mass is 35.5. The zero-order valence-electron chi connectivity index (χ0n) is 32.7. The van der Waals surface area contributed by atoms with E-state index in [0.717, 1.165) is 33.6 Å². The summed E-state index contributed by atoms with van der Waals surface area (Å²) in [5, 5.41) is 7.47. The summed E-state index contributed by atoms with van der Waals surface area (Å²) in [4.78, 5) is 25.0. The number of esters is 2. The van der Waals surface area contributed by atoms with Crippen LogP contribution in [0.15, 0.2) is 72.8 Å². The van der Waals surface area contributed by atoms with E-state index < -0.39 is 24.4 Å². The molecule has 0 bridgehead atoms. The number of hydrogen-bond donors (Lipinski definition) is 2. The van der Waals surface area contributed by atoms with E-state index in [1.807, 2.05) is 48.5 Å². The van der Waals surface area contributed by atoms with Crippen LogP contribution in [0.4, 0.5) is 11.4 Å². The van der Waals surface area contributed by atoms with E-state index in [0.29, 0.717) is 43.0 Å². The number of para-hydroxylation sites is 2. The standard InChI is InChI=1S/2C21H22ClNO5S/c2*1-4-27-18(24)11-17-21(29)23-15-9-8-12(22)10-14(15)19(28-17)13-6-5-7-16(25-2)20(13)26-3/h2*5-10,17,19H,4,11H2,1-3H3,(H,23,29)/t17-,19+;17-,19-/m01/s1. The monoisotopic (exact) mass is 870 g/mol. The first-order valence-corrected chi connectivity index (χ1v) is 19.8. The number of benzene rings is 4. The summed E-state index contributed by atoms with van der Waals surface area (Å²) in [6, 6.07) is 21.9. The summed E-state index contributed by atoms with van der Waals surface area (Å²) >= 11 is 23.5. The lowest BCUT2D eigenvalue weighted by Crippen LogP contribution is -2.31. The fraction of sp³-hybridized carbons (Fsp3) is 0.333. The third-order valence-corrected chi connectivity index (χ3v) is 10.2. The van der Waals surface area contributed by atoms with Crippen LogP contribution in [-0.2, 0) is 28.5 Å². The number of methoxy groups -OCH3 is 4. The second kappa shape index (κ2) is 20.8. The zero-order valence-corrected chi connectivity index (χ0v) is 35.9. The maximum absolute atomic E-state index is 12.1. The Labute approximate surface area is 358 Å². The molecule has 4 atom stereocenters. The minimum absolute atomic E-state index is 0.00974. The van der Waals surface area contributed by atoms with Gasteiger partial charge in [0.05, 0.1) is 54.5 Å².